The summed E-state index contributed by atoms with van der Waals surface area (Å²) >= 11 is 0. The van der Waals surface area contributed by atoms with Gasteiger partial charge >= 0.3 is 0 Å². The summed E-state index contributed by atoms with van der Waals surface area (Å²) in [6, 6.07) is 7.61. The van der Waals surface area contributed by atoms with Gasteiger partial charge in [-0.25, -0.2) is 13.1 Å². The molecule has 0 unspecified atom stereocenters. The summed E-state index contributed by atoms with van der Waals surface area (Å²) in [6.45, 7) is 1.55. The highest BCUT2D eigenvalue weighted by Crippen LogP contribution is 2.21. The van der Waals surface area contributed by atoms with Crippen molar-refractivity contribution in [3.05, 3.63) is 51.3 Å². The van der Waals surface area contributed by atoms with Crippen LogP contribution in [0.4, 0.5) is 5.69 Å². The molecule has 0 bridgehead atoms. The van der Waals surface area contributed by atoms with Crippen molar-refractivity contribution in [1.29, 1.82) is 5.26 Å². The van der Waals surface area contributed by atoms with Crippen molar-refractivity contribution < 1.29 is 13.5 Å². The van der Waals surface area contributed by atoms with Gasteiger partial charge in [0.2, 0.25) is 15.9 Å². The number of nitrogens with one attached hydrogen (secondary N) is 1. The number of benzene rings is 1. The Labute approximate surface area is 144 Å². The van der Waals surface area contributed by atoms with Crippen LogP contribution in [0, 0.1) is 18.3 Å². The second-order valence-electron chi connectivity index (χ2n) is 5.17. The Morgan fingerprint density at radius 3 is 2.44 bits per heavy atom. The third kappa shape index (κ3) is 3.45. The van der Waals surface area contributed by atoms with Crippen LogP contribution in [0.15, 0.2) is 38.9 Å². The first kappa shape index (κ1) is 18.4. The number of aromatic nitrogens is 1. The Bertz CT molecular complexity index is 1050. The summed E-state index contributed by atoms with van der Waals surface area (Å²) in [5.74, 6) is -0.306. The van der Waals surface area contributed by atoms with E-state index in [0.29, 0.717) is 11.3 Å². The zero-order valence-electron chi connectivity index (χ0n) is 13.8. The Hall–Kier alpha value is -2.96. The molecule has 25 heavy (non-hydrogen) atoms. The third-order valence-corrected chi connectivity index (χ3v) is 5.16. The minimum Gasteiger partial charge on any atom is -0.494 e. The highest BCUT2D eigenvalue weighted by Gasteiger charge is 2.15. The molecule has 0 aliphatic rings. The lowest BCUT2D eigenvalue weighted by molar-refractivity contribution is 0.421. The molecule has 8 nitrogen and oxygen atoms in total. The molecule has 0 saturated carbocycles. The smallest absolute Gasteiger partial charge is 0.271 e. The van der Waals surface area contributed by atoms with E-state index in [1.807, 2.05) is 6.07 Å². The topological polar surface area (TPSA) is 125 Å². The maximum Gasteiger partial charge on any atom is 0.271 e. The van der Waals surface area contributed by atoms with Crippen LogP contribution < -0.4 is 10.3 Å². The minimum absolute atomic E-state index is 0.0720. The van der Waals surface area contributed by atoms with Gasteiger partial charge in [0.05, 0.1) is 16.1 Å². The molecule has 0 saturated heterocycles. The first-order valence-electron chi connectivity index (χ1n) is 7.13. The normalized spacial score (nSPS) is 11.6. The number of aliphatic imine (C=N–C) groups is 1. The Balaban J connectivity index is 2.46. The van der Waals surface area contributed by atoms with Gasteiger partial charge in [-0.05, 0) is 43.8 Å². The fraction of sp³-hybridized carbons (Fsp3) is 0.188. The second kappa shape index (κ2) is 6.88. The van der Waals surface area contributed by atoms with Crippen LogP contribution in [0.3, 0.4) is 0 Å². The molecule has 130 valence electrons. The van der Waals surface area contributed by atoms with Crippen LogP contribution in [0.25, 0.3) is 0 Å². The summed E-state index contributed by atoms with van der Waals surface area (Å²) in [5, 5.41) is 19.2. The molecule has 0 aliphatic heterocycles. The van der Waals surface area contributed by atoms with Crippen LogP contribution in [0.5, 0.6) is 5.88 Å². The second-order valence-corrected chi connectivity index (χ2v) is 7.06. The van der Waals surface area contributed by atoms with Gasteiger partial charge in [-0.15, -0.1) is 0 Å². The van der Waals surface area contributed by atoms with Crippen LogP contribution in [0.2, 0.25) is 0 Å². The molecule has 0 atom stereocenters. The lowest BCUT2D eigenvalue weighted by Gasteiger charge is -2.09. The van der Waals surface area contributed by atoms with Crippen molar-refractivity contribution in [3.63, 3.8) is 0 Å². The van der Waals surface area contributed by atoms with Crippen molar-refractivity contribution >= 4 is 21.9 Å². The zero-order valence-corrected chi connectivity index (χ0v) is 14.6. The number of sulfonamides is 1. The van der Waals surface area contributed by atoms with Gasteiger partial charge in [0.15, 0.2) is 0 Å². The van der Waals surface area contributed by atoms with Gasteiger partial charge in [-0.2, -0.15) is 5.26 Å². The van der Waals surface area contributed by atoms with Crippen molar-refractivity contribution in [2.24, 2.45) is 12.0 Å². The van der Waals surface area contributed by atoms with Crippen molar-refractivity contribution in [3.8, 4) is 11.9 Å². The summed E-state index contributed by atoms with van der Waals surface area (Å²) in [5.41, 5.74) is 0.349. The predicted molar refractivity (Wildman–Crippen MR) is 92.7 cm³/mol. The predicted octanol–water partition coefficient (Wildman–Crippen LogP) is 0.930. The van der Waals surface area contributed by atoms with E-state index in [-0.39, 0.29) is 21.9 Å². The summed E-state index contributed by atoms with van der Waals surface area (Å²) in [6.07, 6.45) is 1.33. The van der Waals surface area contributed by atoms with Crippen molar-refractivity contribution in [2.75, 3.05) is 7.05 Å². The number of aromatic hydroxyl groups is 1. The molecule has 1 heterocycles. The molecule has 2 aromatic rings. The SMILES string of the molecule is CNS(=O)(=O)c1ccc(N=Cc2c(C)c(C#N)c(=O)n(C)c2O)cc1. The quantitative estimate of drug-likeness (QED) is 0.785. The largest absolute Gasteiger partial charge is 0.494 e. The molecule has 0 radical (unpaired) electrons. The first-order chi connectivity index (χ1) is 11.7. The fourth-order valence-electron chi connectivity index (χ4n) is 2.16. The highest BCUT2D eigenvalue weighted by molar-refractivity contribution is 7.89. The minimum atomic E-state index is -3.53. The molecule has 9 heteroatoms. The Kier molecular flexibility index (Phi) is 5.06. The van der Waals surface area contributed by atoms with Crippen LogP contribution in [0.1, 0.15) is 16.7 Å². The molecule has 1 aromatic carbocycles. The van der Waals surface area contributed by atoms with Crippen molar-refractivity contribution in [1.82, 2.24) is 9.29 Å². The lowest BCUT2D eigenvalue weighted by Crippen LogP contribution is -2.22. The van der Waals surface area contributed by atoms with Gasteiger partial charge < -0.3 is 5.11 Å². The van der Waals surface area contributed by atoms with E-state index < -0.39 is 15.6 Å². The molecule has 1 aromatic heterocycles. The number of pyridine rings is 1. The van der Waals surface area contributed by atoms with E-state index in [2.05, 4.69) is 9.71 Å². The third-order valence-electron chi connectivity index (χ3n) is 3.73. The molecule has 0 spiro atoms. The average molecular weight is 360 g/mol. The van der Waals surface area contributed by atoms with Gasteiger partial charge in [-0.1, -0.05) is 0 Å². The zero-order chi connectivity index (χ0) is 18.8. The summed E-state index contributed by atoms with van der Waals surface area (Å²) in [4.78, 5) is 16.2. The average Bonchev–Trinajstić information content (AvgIpc) is 2.60. The number of nitriles is 1. The van der Waals surface area contributed by atoms with E-state index in [0.717, 1.165) is 4.57 Å². The van der Waals surface area contributed by atoms with E-state index in [9.17, 15) is 18.3 Å². The van der Waals surface area contributed by atoms with E-state index in [1.54, 1.807) is 6.92 Å². The lowest BCUT2D eigenvalue weighted by atomic mass is 10.1. The van der Waals surface area contributed by atoms with E-state index in [1.165, 1.54) is 44.6 Å². The molecule has 2 N–H and O–H groups in total. The van der Waals surface area contributed by atoms with E-state index in [4.69, 9.17) is 5.26 Å². The number of hydrogen-bond acceptors (Lipinski definition) is 6. The monoisotopic (exact) mass is 360 g/mol. The summed E-state index contributed by atoms with van der Waals surface area (Å²) < 4.78 is 26.5. The fourth-order valence-corrected chi connectivity index (χ4v) is 2.89. The van der Waals surface area contributed by atoms with Gasteiger partial charge in [-0.3, -0.25) is 14.4 Å². The first-order valence-corrected chi connectivity index (χ1v) is 8.61. The Morgan fingerprint density at radius 1 is 1.32 bits per heavy atom. The van der Waals surface area contributed by atoms with Crippen LogP contribution >= 0.6 is 0 Å². The number of rotatable bonds is 4. The van der Waals surface area contributed by atoms with Crippen LogP contribution in [-0.4, -0.2) is 31.4 Å². The molecule has 0 fully saturated rings. The molecule has 2 rings (SSSR count). The molecular formula is C16H16N4O4S. The maximum atomic E-state index is 11.9. The van der Waals surface area contributed by atoms with Crippen molar-refractivity contribution in [2.45, 2.75) is 11.8 Å². The van der Waals surface area contributed by atoms with Gasteiger partial charge in [0, 0.05) is 13.3 Å². The molecule has 0 aliphatic carbocycles. The summed E-state index contributed by atoms with van der Waals surface area (Å²) in [7, 11) is -0.858. The standard InChI is InChI=1S/C16H16N4O4S/c1-10-13(8-17)15(21)20(3)16(22)14(10)9-19-11-4-6-12(7-5-11)25(23,24)18-2/h4-7,9,18,22H,1-3H3. The maximum absolute atomic E-state index is 11.9. The number of hydrogen-bond donors (Lipinski definition) is 2. The number of nitrogens with zero attached hydrogens (tertiary/aromatic N) is 3. The Morgan fingerprint density at radius 2 is 1.92 bits per heavy atom. The van der Waals surface area contributed by atoms with E-state index >= 15 is 0 Å². The van der Waals surface area contributed by atoms with Gasteiger partial charge in [0.25, 0.3) is 5.56 Å². The molecular weight excluding hydrogens is 344 g/mol. The van der Waals surface area contributed by atoms with Crippen LogP contribution in [-0.2, 0) is 17.1 Å². The molecule has 0 amide bonds. The highest BCUT2D eigenvalue weighted by atomic mass is 32.2. The van der Waals surface area contributed by atoms with Gasteiger partial charge in [0.1, 0.15) is 11.6 Å².